The summed E-state index contributed by atoms with van der Waals surface area (Å²) in [5, 5.41) is 9.19. The summed E-state index contributed by atoms with van der Waals surface area (Å²) in [6.45, 7) is 3.94. The zero-order valence-electron chi connectivity index (χ0n) is 11.8. The van der Waals surface area contributed by atoms with Gasteiger partial charge in [-0.25, -0.2) is 13.2 Å². The van der Waals surface area contributed by atoms with Crippen LogP contribution in [0.5, 0.6) is 0 Å². The Balaban J connectivity index is 2.53. The Labute approximate surface area is 123 Å². The molecule has 2 unspecified atom stereocenters. The van der Waals surface area contributed by atoms with E-state index in [1.807, 2.05) is 0 Å². The second kappa shape index (κ2) is 5.63. The molecule has 0 aromatic heterocycles. The molecule has 3 N–H and O–H groups in total. The van der Waals surface area contributed by atoms with Crippen LogP contribution in [-0.2, 0) is 14.8 Å². The average molecular weight is 314 g/mol. The first-order valence-electron chi connectivity index (χ1n) is 6.49. The second-order valence-electron chi connectivity index (χ2n) is 5.13. The van der Waals surface area contributed by atoms with Crippen LogP contribution in [0.3, 0.4) is 0 Å². The van der Waals surface area contributed by atoms with Crippen molar-refractivity contribution in [3.8, 4) is 0 Å². The minimum Gasteiger partial charge on any atom is -0.478 e. The van der Waals surface area contributed by atoms with Gasteiger partial charge in [-0.15, -0.1) is 0 Å². The van der Waals surface area contributed by atoms with Crippen molar-refractivity contribution in [2.75, 3.05) is 18.9 Å². The van der Waals surface area contributed by atoms with Crippen LogP contribution in [0, 0.1) is 0 Å². The first-order chi connectivity index (χ1) is 9.73. The lowest BCUT2D eigenvalue weighted by molar-refractivity contribution is -0.0170. The molecular formula is C13H18N2O5S. The number of rotatable bonds is 3. The molecule has 1 aromatic rings. The standard InChI is InChI=1S/C13H18N2O5S/c1-8-7-20-9(2)6-15(8)21(18,19)12-5-10(14)3-4-11(12)13(16)17/h3-5,8-9H,6-7,14H2,1-2H3,(H,16,17). The van der Waals surface area contributed by atoms with Gasteiger partial charge in [0.15, 0.2) is 0 Å². The van der Waals surface area contributed by atoms with Crippen LogP contribution in [0.2, 0.25) is 0 Å². The van der Waals surface area contributed by atoms with Gasteiger partial charge in [-0.3, -0.25) is 0 Å². The fourth-order valence-corrected chi connectivity index (χ4v) is 4.17. The average Bonchev–Trinajstić information content (AvgIpc) is 2.41. The van der Waals surface area contributed by atoms with Crippen LogP contribution in [0.4, 0.5) is 5.69 Å². The van der Waals surface area contributed by atoms with E-state index >= 15 is 0 Å². The Morgan fingerprint density at radius 3 is 2.71 bits per heavy atom. The molecule has 1 fully saturated rings. The molecule has 0 radical (unpaired) electrons. The third-order valence-corrected chi connectivity index (χ3v) is 5.39. The van der Waals surface area contributed by atoms with Crippen LogP contribution in [0.15, 0.2) is 23.1 Å². The number of ether oxygens (including phenoxy) is 1. The van der Waals surface area contributed by atoms with Gasteiger partial charge in [0.05, 0.1) is 23.2 Å². The number of nitrogens with zero attached hydrogens (tertiary/aromatic N) is 1. The quantitative estimate of drug-likeness (QED) is 0.797. The highest BCUT2D eigenvalue weighted by atomic mass is 32.2. The summed E-state index contributed by atoms with van der Waals surface area (Å²) in [5.41, 5.74) is 5.53. The van der Waals surface area contributed by atoms with Gasteiger partial charge in [-0.2, -0.15) is 4.31 Å². The van der Waals surface area contributed by atoms with Crippen molar-refractivity contribution in [1.29, 1.82) is 0 Å². The summed E-state index contributed by atoms with van der Waals surface area (Å²) in [4.78, 5) is 11.0. The minimum absolute atomic E-state index is 0.178. The molecule has 1 heterocycles. The third-order valence-electron chi connectivity index (χ3n) is 3.37. The number of sulfonamides is 1. The lowest BCUT2D eigenvalue weighted by Crippen LogP contribution is -2.50. The van der Waals surface area contributed by atoms with E-state index in [1.165, 1.54) is 22.5 Å². The first-order valence-corrected chi connectivity index (χ1v) is 7.93. The number of carboxylic acids is 1. The molecule has 8 heteroatoms. The SMILES string of the molecule is CC1CN(S(=O)(=O)c2cc(N)ccc2C(=O)O)C(C)CO1. The second-order valence-corrected chi connectivity index (χ2v) is 6.99. The predicted molar refractivity (Wildman–Crippen MR) is 76.6 cm³/mol. The summed E-state index contributed by atoms with van der Waals surface area (Å²) in [6, 6.07) is 3.40. The van der Waals surface area contributed by atoms with E-state index in [9.17, 15) is 18.3 Å². The summed E-state index contributed by atoms with van der Waals surface area (Å²) >= 11 is 0. The molecule has 116 valence electrons. The van der Waals surface area contributed by atoms with Gasteiger partial charge in [0.2, 0.25) is 10.0 Å². The predicted octanol–water partition coefficient (Wildman–Crippen LogP) is 0.765. The van der Waals surface area contributed by atoms with Crippen molar-refractivity contribution in [1.82, 2.24) is 4.31 Å². The molecule has 1 aromatic carbocycles. The molecule has 2 atom stereocenters. The van der Waals surface area contributed by atoms with Crippen LogP contribution < -0.4 is 5.73 Å². The van der Waals surface area contributed by atoms with Gasteiger partial charge >= 0.3 is 5.97 Å². The number of carboxylic acid groups (broad SMARTS) is 1. The zero-order valence-corrected chi connectivity index (χ0v) is 12.6. The van der Waals surface area contributed by atoms with Gasteiger partial charge in [-0.05, 0) is 32.0 Å². The van der Waals surface area contributed by atoms with Gasteiger partial charge in [0, 0.05) is 18.3 Å². The Kier molecular flexibility index (Phi) is 4.22. The highest BCUT2D eigenvalue weighted by Gasteiger charge is 2.36. The minimum atomic E-state index is -3.95. The molecule has 0 amide bonds. The normalized spacial score (nSPS) is 23.9. The zero-order chi connectivity index (χ0) is 15.8. The fourth-order valence-electron chi connectivity index (χ4n) is 2.26. The Morgan fingerprint density at radius 1 is 1.43 bits per heavy atom. The molecule has 0 bridgehead atoms. The number of hydrogen-bond acceptors (Lipinski definition) is 5. The number of morpholine rings is 1. The Bertz CT molecular complexity index is 659. The van der Waals surface area contributed by atoms with E-state index < -0.39 is 16.0 Å². The topological polar surface area (TPSA) is 110 Å². The Morgan fingerprint density at radius 2 is 2.10 bits per heavy atom. The van der Waals surface area contributed by atoms with Gasteiger partial charge in [0.1, 0.15) is 0 Å². The van der Waals surface area contributed by atoms with E-state index in [4.69, 9.17) is 10.5 Å². The summed E-state index contributed by atoms with van der Waals surface area (Å²) in [6.07, 6.45) is -0.245. The molecule has 2 rings (SSSR count). The number of carbonyl (C=O) groups is 1. The molecule has 1 saturated heterocycles. The summed E-state index contributed by atoms with van der Waals surface area (Å²) < 4.78 is 32.2. The van der Waals surface area contributed by atoms with Crippen LogP contribution in [0.25, 0.3) is 0 Å². The van der Waals surface area contributed by atoms with Crippen molar-refractivity contribution < 1.29 is 23.1 Å². The molecule has 7 nitrogen and oxygen atoms in total. The van der Waals surface area contributed by atoms with Crippen molar-refractivity contribution in [3.05, 3.63) is 23.8 Å². The molecule has 21 heavy (non-hydrogen) atoms. The maximum Gasteiger partial charge on any atom is 0.337 e. The van der Waals surface area contributed by atoms with Crippen molar-refractivity contribution in [3.63, 3.8) is 0 Å². The molecule has 1 aliphatic rings. The lowest BCUT2D eigenvalue weighted by atomic mass is 10.2. The van der Waals surface area contributed by atoms with E-state index in [1.54, 1.807) is 13.8 Å². The van der Waals surface area contributed by atoms with Gasteiger partial charge < -0.3 is 15.6 Å². The van der Waals surface area contributed by atoms with E-state index in [0.29, 0.717) is 0 Å². The summed E-state index contributed by atoms with van der Waals surface area (Å²) in [5.74, 6) is -1.30. The van der Waals surface area contributed by atoms with Crippen LogP contribution in [-0.4, -0.2) is 49.1 Å². The van der Waals surface area contributed by atoms with Crippen molar-refractivity contribution in [2.45, 2.75) is 30.9 Å². The smallest absolute Gasteiger partial charge is 0.337 e. The lowest BCUT2D eigenvalue weighted by Gasteiger charge is -2.35. The first kappa shape index (κ1) is 15.7. The number of hydrogen-bond donors (Lipinski definition) is 2. The molecule has 0 aliphatic carbocycles. The number of anilines is 1. The number of benzene rings is 1. The van der Waals surface area contributed by atoms with Crippen molar-refractivity contribution in [2.24, 2.45) is 0 Å². The fraction of sp³-hybridized carbons (Fsp3) is 0.462. The monoisotopic (exact) mass is 314 g/mol. The van der Waals surface area contributed by atoms with E-state index in [2.05, 4.69) is 0 Å². The third kappa shape index (κ3) is 3.02. The largest absolute Gasteiger partial charge is 0.478 e. The number of nitrogen functional groups attached to an aromatic ring is 1. The van der Waals surface area contributed by atoms with Gasteiger partial charge in [0.25, 0.3) is 0 Å². The van der Waals surface area contributed by atoms with E-state index in [0.717, 1.165) is 0 Å². The highest BCUT2D eigenvalue weighted by Crippen LogP contribution is 2.26. The molecular weight excluding hydrogens is 296 g/mol. The van der Waals surface area contributed by atoms with E-state index in [-0.39, 0.29) is 41.4 Å². The maximum atomic E-state index is 12.8. The Hall–Kier alpha value is -1.64. The van der Waals surface area contributed by atoms with Crippen LogP contribution in [0.1, 0.15) is 24.2 Å². The number of aromatic carboxylic acids is 1. The molecule has 0 spiro atoms. The summed E-state index contributed by atoms with van der Waals surface area (Å²) in [7, 11) is -3.95. The maximum absolute atomic E-state index is 12.8. The molecule has 0 saturated carbocycles. The molecule has 1 aliphatic heterocycles. The number of nitrogens with two attached hydrogens (primary N) is 1. The highest BCUT2D eigenvalue weighted by molar-refractivity contribution is 7.89. The van der Waals surface area contributed by atoms with Gasteiger partial charge in [-0.1, -0.05) is 0 Å². The van der Waals surface area contributed by atoms with Crippen molar-refractivity contribution >= 4 is 21.7 Å². The van der Waals surface area contributed by atoms with Crippen LogP contribution >= 0.6 is 0 Å².